The molecule has 3 aromatic rings. The van der Waals surface area contributed by atoms with E-state index in [0.717, 1.165) is 10.8 Å². The zero-order chi connectivity index (χ0) is 37.6. The Morgan fingerprint density at radius 3 is 2.33 bits per heavy atom. The van der Waals surface area contributed by atoms with Gasteiger partial charge < -0.3 is 30.2 Å². The summed E-state index contributed by atoms with van der Waals surface area (Å²) in [5, 5.41) is 21.9. The molecule has 3 aromatic carbocycles. The van der Waals surface area contributed by atoms with Crippen molar-refractivity contribution < 1.29 is 38.3 Å². The summed E-state index contributed by atoms with van der Waals surface area (Å²) in [5.41, 5.74) is 5.09. The topological polar surface area (TPSA) is 199 Å². The van der Waals surface area contributed by atoms with E-state index in [1.54, 1.807) is 39.8 Å². The second-order valence-electron chi connectivity index (χ2n) is 12.8. The maximum atomic E-state index is 13.5. The average Bonchev–Trinajstić information content (AvgIpc) is 3.09. The lowest BCUT2D eigenvalue weighted by Crippen LogP contribution is -2.51. The Bertz CT molecular complexity index is 1690. The van der Waals surface area contributed by atoms with E-state index < -0.39 is 40.5 Å². The standard InChI is InChI=1S/C36H48N6O9/c1-23(27-21-30(49-6)31(22-29(27)42(47)48)50-19-11-15-32(43)37-5)40-41-34(45)28(14-9-10-18-38-35(46)51-36(2,3)4)39-33(44)26-17-16-24-12-7-8-13-25(24)20-26/h7-8,12-13,16-17,20-23,28,40H,9-11,14-15,18-19H2,1-6H3,(H,37,43)(H,38,46)(H,39,44)(H,41,45)/t23?,28-/m0/s1. The predicted octanol–water partition coefficient (Wildman–Crippen LogP) is 4.84. The maximum Gasteiger partial charge on any atom is 0.407 e. The Morgan fingerprint density at radius 1 is 0.941 bits per heavy atom. The normalized spacial score (nSPS) is 12.3. The van der Waals surface area contributed by atoms with E-state index in [2.05, 4.69) is 26.8 Å². The predicted molar refractivity (Wildman–Crippen MR) is 191 cm³/mol. The Hall–Kier alpha value is -5.44. The van der Waals surface area contributed by atoms with Crippen molar-refractivity contribution in [3.8, 4) is 11.5 Å². The lowest BCUT2D eigenvalue weighted by atomic mass is 10.0. The largest absolute Gasteiger partial charge is 0.493 e. The van der Waals surface area contributed by atoms with Crippen LogP contribution in [-0.4, -0.2) is 67.7 Å². The van der Waals surface area contributed by atoms with Crippen molar-refractivity contribution in [2.75, 3.05) is 27.3 Å². The Morgan fingerprint density at radius 2 is 1.67 bits per heavy atom. The molecule has 3 rings (SSSR count). The number of carbonyl (C=O) groups is 4. The van der Waals surface area contributed by atoms with Gasteiger partial charge in [0, 0.05) is 25.6 Å². The minimum atomic E-state index is -0.986. The molecule has 0 aliphatic rings. The van der Waals surface area contributed by atoms with Crippen LogP contribution in [0, 0.1) is 10.1 Å². The van der Waals surface area contributed by atoms with Crippen LogP contribution in [-0.2, 0) is 14.3 Å². The number of rotatable bonds is 18. The number of benzene rings is 3. The third-order valence-electron chi connectivity index (χ3n) is 7.69. The van der Waals surface area contributed by atoms with Gasteiger partial charge in [0.25, 0.3) is 17.5 Å². The van der Waals surface area contributed by atoms with Gasteiger partial charge in [0.2, 0.25) is 5.91 Å². The van der Waals surface area contributed by atoms with E-state index in [9.17, 15) is 29.3 Å². The number of nitro groups is 1. The molecule has 15 nitrogen and oxygen atoms in total. The molecule has 0 spiro atoms. The fourth-order valence-electron chi connectivity index (χ4n) is 5.05. The summed E-state index contributed by atoms with van der Waals surface area (Å²) in [6.45, 7) is 7.35. The first kappa shape index (κ1) is 40.0. The molecule has 51 heavy (non-hydrogen) atoms. The molecule has 0 aliphatic heterocycles. The molecule has 0 fully saturated rings. The number of unbranched alkanes of at least 4 members (excludes halogenated alkanes) is 1. The fraction of sp³-hybridized carbons (Fsp3) is 0.444. The van der Waals surface area contributed by atoms with E-state index in [0.29, 0.717) is 31.4 Å². The van der Waals surface area contributed by atoms with Gasteiger partial charge in [0.1, 0.15) is 11.6 Å². The number of fused-ring (bicyclic) bond motifs is 1. The van der Waals surface area contributed by atoms with Crippen LogP contribution >= 0.6 is 0 Å². The van der Waals surface area contributed by atoms with Crippen molar-refractivity contribution in [3.05, 3.63) is 75.8 Å². The Kier molecular flexibility index (Phi) is 15.0. The minimum absolute atomic E-state index is 0.132. The van der Waals surface area contributed by atoms with Gasteiger partial charge in [-0.05, 0) is 82.3 Å². The quantitative estimate of drug-likeness (QED) is 0.0692. The van der Waals surface area contributed by atoms with Crippen molar-refractivity contribution in [1.82, 2.24) is 26.8 Å². The lowest BCUT2D eigenvalue weighted by molar-refractivity contribution is -0.385. The van der Waals surface area contributed by atoms with Crippen LogP contribution in [0.3, 0.4) is 0 Å². The summed E-state index contributed by atoms with van der Waals surface area (Å²) < 4.78 is 16.4. The number of nitrogens with zero attached hydrogens (tertiary/aromatic N) is 1. The first-order valence-electron chi connectivity index (χ1n) is 16.7. The molecule has 0 saturated heterocycles. The SMILES string of the molecule is CNC(=O)CCCOc1cc([N+](=O)[O-])c(C(C)NNC(=O)[C@H](CCCCNC(=O)OC(C)(C)C)NC(=O)c2ccc3ccccc3c2)cc1OC. The van der Waals surface area contributed by atoms with Gasteiger partial charge >= 0.3 is 6.09 Å². The van der Waals surface area contributed by atoms with Crippen LogP contribution in [0.1, 0.15) is 81.8 Å². The highest BCUT2D eigenvalue weighted by atomic mass is 16.6. The zero-order valence-electron chi connectivity index (χ0n) is 29.9. The van der Waals surface area contributed by atoms with Crippen molar-refractivity contribution in [2.45, 2.75) is 77.5 Å². The number of methoxy groups -OCH3 is 1. The number of hydrogen-bond acceptors (Lipinski definition) is 10. The molecule has 0 aromatic heterocycles. The monoisotopic (exact) mass is 708 g/mol. The molecule has 0 aliphatic carbocycles. The first-order valence-corrected chi connectivity index (χ1v) is 16.7. The van der Waals surface area contributed by atoms with Crippen molar-refractivity contribution in [3.63, 3.8) is 0 Å². The number of ether oxygens (including phenoxy) is 3. The van der Waals surface area contributed by atoms with Crippen LogP contribution in [0.25, 0.3) is 10.8 Å². The summed E-state index contributed by atoms with van der Waals surface area (Å²) in [4.78, 5) is 61.9. The van der Waals surface area contributed by atoms with Gasteiger partial charge in [-0.2, -0.15) is 0 Å². The Labute approximate surface area is 297 Å². The van der Waals surface area contributed by atoms with Gasteiger partial charge in [-0.15, -0.1) is 0 Å². The molecule has 15 heteroatoms. The molecule has 0 radical (unpaired) electrons. The maximum absolute atomic E-state index is 13.5. The van der Waals surface area contributed by atoms with Crippen LogP contribution in [0.2, 0.25) is 0 Å². The number of carbonyl (C=O) groups excluding carboxylic acids is 4. The van der Waals surface area contributed by atoms with E-state index >= 15 is 0 Å². The summed E-state index contributed by atoms with van der Waals surface area (Å²) in [6.07, 6.45) is 1.27. The highest BCUT2D eigenvalue weighted by Gasteiger charge is 2.26. The van der Waals surface area contributed by atoms with Gasteiger partial charge in [-0.1, -0.05) is 30.3 Å². The summed E-state index contributed by atoms with van der Waals surface area (Å²) >= 11 is 0. The number of hydrogen-bond donors (Lipinski definition) is 5. The van der Waals surface area contributed by atoms with E-state index in [4.69, 9.17) is 14.2 Å². The number of alkyl carbamates (subject to hydrolysis) is 1. The molecule has 0 bridgehead atoms. The second kappa shape index (κ2) is 19.1. The van der Waals surface area contributed by atoms with E-state index in [1.807, 2.05) is 30.3 Å². The smallest absolute Gasteiger partial charge is 0.407 e. The van der Waals surface area contributed by atoms with Gasteiger partial charge in [0.15, 0.2) is 11.5 Å². The second-order valence-corrected chi connectivity index (χ2v) is 12.8. The number of hydrazine groups is 1. The third kappa shape index (κ3) is 12.8. The molecule has 276 valence electrons. The number of amides is 4. The minimum Gasteiger partial charge on any atom is -0.493 e. The van der Waals surface area contributed by atoms with Crippen molar-refractivity contribution >= 4 is 40.3 Å². The number of nitrogens with one attached hydrogen (secondary N) is 5. The van der Waals surface area contributed by atoms with Crippen LogP contribution in [0.5, 0.6) is 11.5 Å². The van der Waals surface area contributed by atoms with Gasteiger partial charge in [-0.25, -0.2) is 10.2 Å². The lowest BCUT2D eigenvalue weighted by Gasteiger charge is -2.22. The van der Waals surface area contributed by atoms with E-state index in [1.165, 1.54) is 26.3 Å². The Balaban J connectivity index is 1.71. The highest BCUT2D eigenvalue weighted by molar-refractivity contribution is 6.00. The molecule has 0 saturated carbocycles. The summed E-state index contributed by atoms with van der Waals surface area (Å²) in [7, 11) is 2.93. The van der Waals surface area contributed by atoms with Crippen LogP contribution < -0.4 is 36.3 Å². The zero-order valence-corrected chi connectivity index (χ0v) is 29.9. The molecule has 1 unspecified atom stereocenters. The molecule has 0 heterocycles. The third-order valence-corrected chi connectivity index (χ3v) is 7.69. The van der Waals surface area contributed by atoms with Crippen molar-refractivity contribution in [2.24, 2.45) is 0 Å². The summed E-state index contributed by atoms with van der Waals surface area (Å²) in [5.74, 6) is -0.803. The molecule has 4 amide bonds. The first-order chi connectivity index (χ1) is 24.2. The summed E-state index contributed by atoms with van der Waals surface area (Å²) in [6, 6.07) is 13.8. The molecule has 5 N–H and O–H groups in total. The molecule has 2 atom stereocenters. The van der Waals surface area contributed by atoms with Crippen LogP contribution in [0.4, 0.5) is 10.5 Å². The average molecular weight is 709 g/mol. The fourth-order valence-corrected chi connectivity index (χ4v) is 5.05. The van der Waals surface area contributed by atoms with Gasteiger partial charge in [-0.3, -0.25) is 29.9 Å². The highest BCUT2D eigenvalue weighted by Crippen LogP contribution is 2.37. The van der Waals surface area contributed by atoms with Gasteiger partial charge in [0.05, 0.1) is 36.3 Å². The molecular weight excluding hydrogens is 660 g/mol. The number of nitro benzene ring substituents is 1. The van der Waals surface area contributed by atoms with Crippen molar-refractivity contribution in [1.29, 1.82) is 0 Å². The van der Waals surface area contributed by atoms with E-state index in [-0.39, 0.29) is 48.1 Å². The van der Waals surface area contributed by atoms with Crippen LogP contribution in [0.15, 0.2) is 54.6 Å². The molecular formula is C36H48N6O9.